The summed E-state index contributed by atoms with van der Waals surface area (Å²) in [5.41, 5.74) is 5.23. The van der Waals surface area contributed by atoms with Gasteiger partial charge < -0.3 is 11.1 Å². The van der Waals surface area contributed by atoms with Crippen LogP contribution in [0.2, 0.25) is 0 Å². The molecular formula is C10H14N6O2. The van der Waals surface area contributed by atoms with Crippen molar-refractivity contribution in [3.05, 3.63) is 22.4 Å². The second kappa shape index (κ2) is 4.86. The summed E-state index contributed by atoms with van der Waals surface area (Å²) in [5, 5.41) is 9.28. The Morgan fingerprint density at radius 1 is 1.61 bits per heavy atom. The first-order valence-corrected chi connectivity index (χ1v) is 5.55. The SMILES string of the molecule is Cc1nc(NCCCC(N)=O)cc2n[nH]c(=O)n12. The molecule has 4 N–H and O–H groups in total. The molecule has 8 nitrogen and oxygen atoms in total. The van der Waals surface area contributed by atoms with Gasteiger partial charge in [0.1, 0.15) is 11.6 Å². The average molecular weight is 250 g/mol. The van der Waals surface area contributed by atoms with Crippen molar-refractivity contribution < 1.29 is 4.79 Å². The van der Waals surface area contributed by atoms with Crippen LogP contribution in [-0.4, -0.2) is 32.0 Å². The second-order valence-electron chi connectivity index (χ2n) is 3.91. The number of nitrogens with two attached hydrogens (primary N) is 1. The number of aryl methyl sites for hydroxylation is 1. The molecule has 0 saturated heterocycles. The predicted molar refractivity (Wildman–Crippen MR) is 65.3 cm³/mol. The van der Waals surface area contributed by atoms with Crippen molar-refractivity contribution in [1.29, 1.82) is 0 Å². The lowest BCUT2D eigenvalue weighted by Crippen LogP contribution is -2.15. The Kier molecular flexibility index (Phi) is 3.26. The Hall–Kier alpha value is -2.38. The van der Waals surface area contributed by atoms with E-state index in [0.29, 0.717) is 36.7 Å². The van der Waals surface area contributed by atoms with Gasteiger partial charge in [0.25, 0.3) is 0 Å². The van der Waals surface area contributed by atoms with E-state index in [1.165, 1.54) is 4.40 Å². The van der Waals surface area contributed by atoms with Crippen LogP contribution in [0.1, 0.15) is 18.7 Å². The van der Waals surface area contributed by atoms with Gasteiger partial charge in [0.2, 0.25) is 5.91 Å². The third-order valence-electron chi connectivity index (χ3n) is 2.48. The normalized spacial score (nSPS) is 10.7. The number of nitrogens with zero attached hydrogens (tertiary/aromatic N) is 3. The Morgan fingerprint density at radius 2 is 2.39 bits per heavy atom. The molecule has 0 bridgehead atoms. The molecule has 1 amide bonds. The molecule has 0 unspecified atom stereocenters. The molecule has 0 aliphatic carbocycles. The smallest absolute Gasteiger partial charge is 0.349 e. The molecule has 2 heterocycles. The first kappa shape index (κ1) is 12.1. The first-order valence-electron chi connectivity index (χ1n) is 5.55. The summed E-state index contributed by atoms with van der Waals surface area (Å²) in [4.78, 5) is 26.2. The van der Waals surface area contributed by atoms with Crippen LogP contribution in [0, 0.1) is 6.92 Å². The first-order chi connectivity index (χ1) is 8.58. The van der Waals surface area contributed by atoms with Gasteiger partial charge in [-0.1, -0.05) is 0 Å². The molecule has 2 aromatic heterocycles. The number of carbonyl (C=O) groups excluding carboxylic acids is 1. The number of nitrogens with one attached hydrogen (secondary N) is 2. The van der Waals surface area contributed by atoms with Gasteiger partial charge in [-0.3, -0.25) is 4.79 Å². The van der Waals surface area contributed by atoms with E-state index in [2.05, 4.69) is 20.5 Å². The standard InChI is InChI=1S/C10H14N6O2/c1-6-13-8(12-4-2-3-7(11)17)5-9-14-15-10(18)16(6)9/h5,12H,2-4H2,1H3,(H2,11,17)(H,15,18). The summed E-state index contributed by atoms with van der Waals surface area (Å²) < 4.78 is 1.38. The molecule has 0 aliphatic rings. The van der Waals surface area contributed by atoms with Gasteiger partial charge in [-0.25, -0.2) is 19.3 Å². The third-order valence-corrected chi connectivity index (χ3v) is 2.48. The van der Waals surface area contributed by atoms with E-state index in [0.717, 1.165) is 0 Å². The lowest BCUT2D eigenvalue weighted by Gasteiger charge is -2.06. The number of aromatic amines is 1. The minimum Gasteiger partial charge on any atom is -0.370 e. The molecule has 0 aliphatic heterocycles. The van der Waals surface area contributed by atoms with E-state index in [1.807, 2.05) is 0 Å². The number of aromatic nitrogens is 4. The zero-order valence-corrected chi connectivity index (χ0v) is 9.93. The van der Waals surface area contributed by atoms with Crippen molar-refractivity contribution in [3.63, 3.8) is 0 Å². The molecule has 18 heavy (non-hydrogen) atoms. The maximum Gasteiger partial charge on any atom is 0.349 e. The van der Waals surface area contributed by atoms with Crippen molar-refractivity contribution in [2.24, 2.45) is 5.73 Å². The van der Waals surface area contributed by atoms with Gasteiger partial charge >= 0.3 is 5.69 Å². The number of hydrogen-bond acceptors (Lipinski definition) is 5. The van der Waals surface area contributed by atoms with Crippen molar-refractivity contribution in [2.75, 3.05) is 11.9 Å². The number of H-pyrrole nitrogens is 1. The van der Waals surface area contributed by atoms with Gasteiger partial charge in [0.15, 0.2) is 5.65 Å². The second-order valence-corrected chi connectivity index (χ2v) is 3.91. The largest absolute Gasteiger partial charge is 0.370 e. The van der Waals surface area contributed by atoms with E-state index in [1.54, 1.807) is 13.0 Å². The summed E-state index contributed by atoms with van der Waals surface area (Å²) in [6, 6.07) is 1.66. The Balaban J connectivity index is 2.10. The highest BCUT2D eigenvalue weighted by atomic mass is 16.1. The van der Waals surface area contributed by atoms with E-state index in [9.17, 15) is 9.59 Å². The minimum absolute atomic E-state index is 0.310. The van der Waals surface area contributed by atoms with Crippen LogP contribution in [0.15, 0.2) is 10.9 Å². The third kappa shape index (κ3) is 2.47. The lowest BCUT2D eigenvalue weighted by molar-refractivity contribution is -0.118. The van der Waals surface area contributed by atoms with Crippen LogP contribution >= 0.6 is 0 Å². The number of rotatable bonds is 5. The zero-order chi connectivity index (χ0) is 13.1. The Labute approximate surface area is 102 Å². The molecule has 0 radical (unpaired) electrons. The minimum atomic E-state index is -0.324. The van der Waals surface area contributed by atoms with E-state index in [4.69, 9.17) is 5.73 Å². The maximum atomic E-state index is 11.4. The van der Waals surface area contributed by atoms with Crippen molar-refractivity contribution >= 4 is 17.4 Å². The Morgan fingerprint density at radius 3 is 3.11 bits per heavy atom. The topological polar surface area (TPSA) is 118 Å². The van der Waals surface area contributed by atoms with Crippen molar-refractivity contribution in [1.82, 2.24) is 19.6 Å². The number of primary amides is 1. The van der Waals surface area contributed by atoms with E-state index in [-0.39, 0.29) is 11.6 Å². The van der Waals surface area contributed by atoms with Crippen LogP contribution in [0.5, 0.6) is 0 Å². The van der Waals surface area contributed by atoms with Crippen LogP contribution in [0.25, 0.3) is 5.65 Å². The maximum absolute atomic E-state index is 11.4. The number of anilines is 1. The molecule has 2 rings (SSSR count). The fraction of sp³-hybridized carbons (Fsp3) is 0.400. The predicted octanol–water partition coefficient (Wildman–Crippen LogP) is -0.597. The van der Waals surface area contributed by atoms with Gasteiger partial charge in [-0.2, -0.15) is 5.10 Å². The van der Waals surface area contributed by atoms with Gasteiger partial charge in [-0.05, 0) is 13.3 Å². The van der Waals surface area contributed by atoms with Crippen molar-refractivity contribution in [2.45, 2.75) is 19.8 Å². The molecule has 8 heteroatoms. The van der Waals surface area contributed by atoms with E-state index >= 15 is 0 Å². The summed E-state index contributed by atoms with van der Waals surface area (Å²) in [7, 11) is 0. The van der Waals surface area contributed by atoms with Gasteiger partial charge in [0, 0.05) is 19.0 Å². The molecule has 0 saturated carbocycles. The fourth-order valence-electron chi connectivity index (χ4n) is 1.67. The van der Waals surface area contributed by atoms with Crippen LogP contribution in [-0.2, 0) is 4.79 Å². The molecular weight excluding hydrogens is 236 g/mol. The summed E-state index contributed by atoms with van der Waals surface area (Å²) in [6.07, 6.45) is 0.963. The van der Waals surface area contributed by atoms with Crippen LogP contribution in [0.4, 0.5) is 5.82 Å². The highest BCUT2D eigenvalue weighted by Gasteiger charge is 2.06. The number of carbonyl (C=O) groups is 1. The average Bonchev–Trinajstić information content (AvgIpc) is 2.67. The molecule has 0 aromatic carbocycles. The summed E-state index contributed by atoms with van der Waals surface area (Å²) >= 11 is 0. The summed E-state index contributed by atoms with van der Waals surface area (Å²) in [5.74, 6) is 0.836. The lowest BCUT2D eigenvalue weighted by atomic mass is 10.3. The number of hydrogen-bond donors (Lipinski definition) is 3. The highest BCUT2D eigenvalue weighted by Crippen LogP contribution is 2.07. The molecule has 0 atom stereocenters. The summed E-state index contributed by atoms with van der Waals surface area (Å²) in [6.45, 7) is 2.30. The number of fused-ring (bicyclic) bond motifs is 1. The molecule has 0 fully saturated rings. The zero-order valence-electron chi connectivity index (χ0n) is 9.93. The molecule has 96 valence electrons. The quantitative estimate of drug-likeness (QED) is 0.612. The van der Waals surface area contributed by atoms with Crippen LogP contribution < -0.4 is 16.7 Å². The molecule has 2 aromatic rings. The highest BCUT2D eigenvalue weighted by molar-refractivity contribution is 5.73. The monoisotopic (exact) mass is 250 g/mol. The molecule has 0 spiro atoms. The van der Waals surface area contributed by atoms with Gasteiger partial charge in [-0.15, -0.1) is 0 Å². The van der Waals surface area contributed by atoms with Crippen LogP contribution in [0.3, 0.4) is 0 Å². The number of amides is 1. The Bertz CT molecular complexity index is 629. The van der Waals surface area contributed by atoms with Gasteiger partial charge in [0.05, 0.1) is 0 Å². The fourth-order valence-corrected chi connectivity index (χ4v) is 1.67. The van der Waals surface area contributed by atoms with Crippen molar-refractivity contribution in [3.8, 4) is 0 Å². The van der Waals surface area contributed by atoms with E-state index < -0.39 is 0 Å².